The average molecular weight is 442 g/mol. The molecule has 0 atom stereocenters. The van der Waals surface area contributed by atoms with Gasteiger partial charge in [0, 0.05) is 24.2 Å². The monoisotopic (exact) mass is 441 g/mol. The van der Waals surface area contributed by atoms with Gasteiger partial charge in [-0.25, -0.2) is 0 Å². The van der Waals surface area contributed by atoms with Crippen molar-refractivity contribution in [3.05, 3.63) is 64.3 Å². The van der Waals surface area contributed by atoms with E-state index in [1.165, 1.54) is 16.6 Å². The van der Waals surface area contributed by atoms with Gasteiger partial charge in [-0.15, -0.1) is 0 Å². The van der Waals surface area contributed by atoms with Crippen molar-refractivity contribution in [2.45, 2.75) is 26.3 Å². The van der Waals surface area contributed by atoms with E-state index in [1.54, 1.807) is 20.3 Å². The zero-order valence-corrected chi connectivity index (χ0v) is 18.0. The molecule has 146 valence electrons. The van der Waals surface area contributed by atoms with E-state index >= 15 is 0 Å². The van der Waals surface area contributed by atoms with E-state index in [0.717, 1.165) is 23.0 Å². The summed E-state index contributed by atoms with van der Waals surface area (Å²) in [5.74, 6) is 1.37. The molecule has 0 saturated carbocycles. The second-order valence-corrected chi connectivity index (χ2v) is 7.49. The molecule has 3 aromatic rings. The Hall–Kier alpha value is -2.53. The SMILES string of the molecule is COc1cc(/C=C/C(=O)CCCn2c(C)cc3ccccc32)cc(Br)c1OC. The molecule has 0 unspecified atom stereocenters. The number of carbonyl (C=O) groups is 1. The smallest absolute Gasteiger partial charge is 0.174 e. The fourth-order valence-corrected chi connectivity index (χ4v) is 3.98. The molecule has 1 aromatic heterocycles. The van der Waals surface area contributed by atoms with Crippen molar-refractivity contribution in [2.24, 2.45) is 0 Å². The first kappa shape index (κ1) is 20.2. The highest BCUT2D eigenvalue weighted by Gasteiger charge is 2.10. The Morgan fingerprint density at radius 2 is 1.93 bits per heavy atom. The number of fused-ring (bicyclic) bond motifs is 1. The number of carbonyl (C=O) groups excluding carboxylic acids is 1. The maximum absolute atomic E-state index is 12.3. The predicted molar refractivity (Wildman–Crippen MR) is 117 cm³/mol. The molecular weight excluding hydrogens is 418 g/mol. The summed E-state index contributed by atoms with van der Waals surface area (Å²) < 4.78 is 13.7. The van der Waals surface area contributed by atoms with E-state index < -0.39 is 0 Å². The fraction of sp³-hybridized carbons (Fsp3) is 0.261. The number of hydrogen-bond donors (Lipinski definition) is 0. The number of aromatic nitrogens is 1. The van der Waals surface area contributed by atoms with Gasteiger partial charge in [-0.05, 0) is 70.6 Å². The summed E-state index contributed by atoms with van der Waals surface area (Å²) in [6, 6.07) is 14.3. The van der Waals surface area contributed by atoms with Crippen LogP contribution in [0.1, 0.15) is 24.1 Å². The number of ketones is 1. The average Bonchev–Trinajstić information content (AvgIpc) is 3.01. The van der Waals surface area contributed by atoms with Crippen molar-refractivity contribution >= 4 is 38.7 Å². The van der Waals surface area contributed by atoms with Crippen molar-refractivity contribution in [2.75, 3.05) is 14.2 Å². The zero-order chi connectivity index (χ0) is 20.1. The Morgan fingerprint density at radius 1 is 1.14 bits per heavy atom. The number of rotatable bonds is 8. The lowest BCUT2D eigenvalue weighted by atomic mass is 10.1. The molecule has 0 amide bonds. The molecular formula is C23H24BrNO3. The molecule has 0 bridgehead atoms. The normalized spacial score (nSPS) is 11.3. The Kier molecular flexibility index (Phi) is 6.57. The number of methoxy groups -OCH3 is 2. The van der Waals surface area contributed by atoms with Crippen molar-refractivity contribution in [3.63, 3.8) is 0 Å². The third kappa shape index (κ3) is 4.47. The molecule has 0 fully saturated rings. The van der Waals surface area contributed by atoms with Gasteiger partial charge in [0.25, 0.3) is 0 Å². The maximum Gasteiger partial charge on any atom is 0.174 e. The second-order valence-electron chi connectivity index (χ2n) is 6.64. The number of allylic oxidation sites excluding steroid dienone is 1. The molecule has 0 spiro atoms. The molecule has 5 heteroatoms. The van der Waals surface area contributed by atoms with Gasteiger partial charge >= 0.3 is 0 Å². The van der Waals surface area contributed by atoms with Gasteiger partial charge in [-0.3, -0.25) is 4.79 Å². The van der Waals surface area contributed by atoms with Crippen LogP contribution in [-0.2, 0) is 11.3 Å². The Bertz CT molecular complexity index is 1020. The van der Waals surface area contributed by atoms with Crippen LogP contribution in [0.4, 0.5) is 0 Å². The van der Waals surface area contributed by atoms with Crippen LogP contribution in [0.2, 0.25) is 0 Å². The van der Waals surface area contributed by atoms with Gasteiger partial charge < -0.3 is 14.0 Å². The molecule has 4 nitrogen and oxygen atoms in total. The standard InChI is InChI=1S/C23H24BrNO3/c1-16-13-18-7-4-5-9-21(18)25(16)12-6-8-19(26)11-10-17-14-20(24)23(28-3)22(15-17)27-2/h4-5,7,9-11,13-15H,6,8,12H2,1-3H3/b11-10+. The molecule has 0 saturated heterocycles. The summed E-state index contributed by atoms with van der Waals surface area (Å²) in [7, 11) is 3.19. The highest BCUT2D eigenvalue weighted by molar-refractivity contribution is 9.10. The molecule has 1 heterocycles. The third-order valence-electron chi connectivity index (χ3n) is 4.74. The molecule has 2 aromatic carbocycles. The lowest BCUT2D eigenvalue weighted by Crippen LogP contribution is -2.02. The van der Waals surface area contributed by atoms with Crippen LogP contribution in [0.5, 0.6) is 11.5 Å². The van der Waals surface area contributed by atoms with Crippen LogP contribution in [0, 0.1) is 6.92 Å². The minimum atomic E-state index is 0.111. The molecule has 28 heavy (non-hydrogen) atoms. The number of ether oxygens (including phenoxy) is 2. The number of nitrogens with zero attached hydrogens (tertiary/aromatic N) is 1. The van der Waals surface area contributed by atoms with Gasteiger partial charge in [0.05, 0.1) is 18.7 Å². The van der Waals surface area contributed by atoms with Crippen molar-refractivity contribution < 1.29 is 14.3 Å². The minimum Gasteiger partial charge on any atom is -0.493 e. The lowest BCUT2D eigenvalue weighted by molar-refractivity contribution is -0.114. The van der Waals surface area contributed by atoms with Crippen molar-refractivity contribution in [3.8, 4) is 11.5 Å². The number of hydrogen-bond acceptors (Lipinski definition) is 3. The van der Waals surface area contributed by atoms with Crippen molar-refractivity contribution in [1.82, 2.24) is 4.57 Å². The molecule has 0 N–H and O–H groups in total. The molecule has 0 aliphatic carbocycles. The number of halogens is 1. The summed E-state index contributed by atoms with van der Waals surface area (Å²) in [4.78, 5) is 12.3. The Morgan fingerprint density at radius 3 is 2.68 bits per heavy atom. The van der Waals surface area contributed by atoms with Crippen LogP contribution >= 0.6 is 15.9 Å². The van der Waals surface area contributed by atoms with E-state index in [-0.39, 0.29) is 5.78 Å². The van der Waals surface area contributed by atoms with E-state index in [1.807, 2.05) is 30.3 Å². The van der Waals surface area contributed by atoms with Gasteiger partial charge in [-0.2, -0.15) is 0 Å². The first-order chi connectivity index (χ1) is 13.5. The minimum absolute atomic E-state index is 0.111. The van der Waals surface area contributed by atoms with E-state index in [4.69, 9.17) is 9.47 Å². The second kappa shape index (κ2) is 9.11. The van der Waals surface area contributed by atoms with E-state index in [9.17, 15) is 4.79 Å². The topological polar surface area (TPSA) is 40.5 Å². The van der Waals surface area contributed by atoms with Crippen LogP contribution in [-0.4, -0.2) is 24.6 Å². The maximum atomic E-state index is 12.3. The summed E-state index contributed by atoms with van der Waals surface area (Å²) >= 11 is 3.47. The first-order valence-corrected chi connectivity index (χ1v) is 10.00. The third-order valence-corrected chi connectivity index (χ3v) is 5.33. The van der Waals surface area contributed by atoms with Crippen LogP contribution < -0.4 is 9.47 Å². The highest BCUT2D eigenvalue weighted by Crippen LogP contribution is 2.36. The Labute approximate surface area is 173 Å². The zero-order valence-electron chi connectivity index (χ0n) is 16.4. The van der Waals surface area contributed by atoms with Crippen LogP contribution in [0.25, 0.3) is 17.0 Å². The summed E-state index contributed by atoms with van der Waals surface area (Å²) in [6.45, 7) is 2.94. The predicted octanol–water partition coefficient (Wildman–Crippen LogP) is 5.79. The quantitative estimate of drug-likeness (QED) is 0.415. The van der Waals surface area contributed by atoms with Gasteiger partial charge in [0.15, 0.2) is 17.3 Å². The number of aryl methyl sites for hydroxylation is 2. The van der Waals surface area contributed by atoms with Gasteiger partial charge in [0.2, 0.25) is 0 Å². The van der Waals surface area contributed by atoms with Gasteiger partial charge in [-0.1, -0.05) is 24.3 Å². The molecule has 0 aliphatic rings. The summed E-state index contributed by atoms with van der Waals surface area (Å²) in [6.07, 6.45) is 4.76. The van der Waals surface area contributed by atoms with E-state index in [2.05, 4.69) is 45.6 Å². The fourth-order valence-electron chi connectivity index (χ4n) is 3.36. The highest BCUT2D eigenvalue weighted by atomic mass is 79.9. The van der Waals surface area contributed by atoms with Crippen LogP contribution in [0.3, 0.4) is 0 Å². The number of para-hydroxylation sites is 1. The summed E-state index contributed by atoms with van der Waals surface area (Å²) in [5, 5.41) is 1.24. The largest absolute Gasteiger partial charge is 0.493 e. The Balaban J connectivity index is 1.61. The lowest BCUT2D eigenvalue weighted by Gasteiger charge is -2.10. The van der Waals surface area contributed by atoms with E-state index in [0.29, 0.717) is 17.9 Å². The van der Waals surface area contributed by atoms with Gasteiger partial charge in [0.1, 0.15) is 0 Å². The molecule has 0 aliphatic heterocycles. The van der Waals surface area contributed by atoms with Crippen molar-refractivity contribution in [1.29, 1.82) is 0 Å². The number of benzene rings is 2. The van der Waals surface area contributed by atoms with Crippen LogP contribution in [0.15, 0.2) is 53.0 Å². The summed E-state index contributed by atoms with van der Waals surface area (Å²) in [5.41, 5.74) is 3.32. The molecule has 0 radical (unpaired) electrons. The molecule has 3 rings (SSSR count). The first-order valence-electron chi connectivity index (χ1n) is 9.20.